The molecular formula is C14H19FN2O2. The van der Waals surface area contributed by atoms with Gasteiger partial charge in [-0.05, 0) is 30.9 Å². The van der Waals surface area contributed by atoms with Crippen molar-refractivity contribution in [1.29, 1.82) is 0 Å². The average Bonchev–Trinajstić information content (AvgIpc) is 3.22. The van der Waals surface area contributed by atoms with Gasteiger partial charge < -0.3 is 15.8 Å². The van der Waals surface area contributed by atoms with Crippen LogP contribution in [0.15, 0.2) is 24.3 Å². The van der Waals surface area contributed by atoms with Gasteiger partial charge in [-0.3, -0.25) is 4.79 Å². The lowest BCUT2D eigenvalue weighted by molar-refractivity contribution is -0.122. The summed E-state index contributed by atoms with van der Waals surface area (Å²) in [5, 5.41) is 2.89. The van der Waals surface area contributed by atoms with Gasteiger partial charge >= 0.3 is 0 Å². The quantitative estimate of drug-likeness (QED) is 0.785. The topological polar surface area (TPSA) is 64.3 Å². The minimum atomic E-state index is -0.416. The Hall–Kier alpha value is -1.62. The third kappa shape index (κ3) is 4.21. The Bertz CT molecular complexity index is 435. The molecule has 1 aromatic carbocycles. The number of ether oxygens (including phenoxy) is 1. The smallest absolute Gasteiger partial charge is 0.223 e. The molecule has 0 heterocycles. The zero-order chi connectivity index (χ0) is 13.7. The highest BCUT2D eigenvalue weighted by atomic mass is 19.1. The minimum absolute atomic E-state index is 0.0703. The largest absolute Gasteiger partial charge is 0.490 e. The maximum atomic E-state index is 13.3. The fourth-order valence-electron chi connectivity index (χ4n) is 1.96. The Morgan fingerprint density at radius 2 is 2.21 bits per heavy atom. The van der Waals surface area contributed by atoms with Gasteiger partial charge in [0.2, 0.25) is 5.91 Å². The highest BCUT2D eigenvalue weighted by Crippen LogP contribution is 2.32. The summed E-state index contributed by atoms with van der Waals surface area (Å²) < 4.78 is 18.5. The molecule has 0 radical (unpaired) electrons. The Morgan fingerprint density at radius 1 is 1.47 bits per heavy atom. The Labute approximate surface area is 112 Å². The predicted octanol–water partition coefficient (Wildman–Crippen LogP) is 1.45. The number of hydrogen-bond donors (Lipinski definition) is 2. The van der Waals surface area contributed by atoms with Crippen LogP contribution in [0.4, 0.5) is 4.39 Å². The summed E-state index contributed by atoms with van der Waals surface area (Å²) >= 11 is 0. The number of nitrogens with two attached hydrogens (primary N) is 1. The third-order valence-corrected chi connectivity index (χ3v) is 3.21. The van der Waals surface area contributed by atoms with E-state index in [1.54, 1.807) is 18.2 Å². The number of halogens is 1. The van der Waals surface area contributed by atoms with Crippen LogP contribution < -0.4 is 15.8 Å². The van der Waals surface area contributed by atoms with Crippen LogP contribution >= 0.6 is 0 Å². The molecule has 0 spiro atoms. The normalized spacial score (nSPS) is 15.9. The molecule has 1 unspecified atom stereocenters. The summed E-state index contributed by atoms with van der Waals surface area (Å²) in [5.74, 6) is 0.189. The third-order valence-electron chi connectivity index (χ3n) is 3.21. The molecule has 0 bridgehead atoms. The first-order chi connectivity index (χ1) is 9.20. The fourth-order valence-corrected chi connectivity index (χ4v) is 1.96. The van der Waals surface area contributed by atoms with Crippen LogP contribution in [0, 0.1) is 11.7 Å². The van der Waals surface area contributed by atoms with Crippen molar-refractivity contribution in [3.8, 4) is 5.75 Å². The maximum Gasteiger partial charge on any atom is 0.223 e. The summed E-state index contributed by atoms with van der Waals surface area (Å²) in [4.78, 5) is 11.7. The molecular weight excluding hydrogens is 247 g/mol. The van der Waals surface area contributed by atoms with Gasteiger partial charge in [-0.25, -0.2) is 4.39 Å². The van der Waals surface area contributed by atoms with Crippen molar-refractivity contribution in [2.45, 2.75) is 25.3 Å². The molecule has 0 saturated heterocycles. The van der Waals surface area contributed by atoms with E-state index < -0.39 is 5.82 Å². The fraction of sp³-hybridized carbons (Fsp3) is 0.500. The van der Waals surface area contributed by atoms with Crippen molar-refractivity contribution < 1.29 is 13.9 Å². The molecule has 0 aromatic heterocycles. The first-order valence-corrected chi connectivity index (χ1v) is 6.57. The van der Waals surface area contributed by atoms with Crippen molar-refractivity contribution in [1.82, 2.24) is 5.32 Å². The van der Waals surface area contributed by atoms with Gasteiger partial charge in [-0.2, -0.15) is 0 Å². The number of carbonyl (C=O) groups excluding carboxylic acids is 1. The van der Waals surface area contributed by atoms with Gasteiger partial charge in [0.25, 0.3) is 0 Å². The van der Waals surface area contributed by atoms with Crippen molar-refractivity contribution in [2.75, 3.05) is 13.2 Å². The second-order valence-electron chi connectivity index (χ2n) is 4.78. The van der Waals surface area contributed by atoms with Gasteiger partial charge in [-0.1, -0.05) is 12.1 Å². The number of para-hydroxylation sites is 1. The van der Waals surface area contributed by atoms with Gasteiger partial charge in [0.15, 0.2) is 11.6 Å². The van der Waals surface area contributed by atoms with E-state index in [9.17, 15) is 9.18 Å². The van der Waals surface area contributed by atoms with Crippen LogP contribution in [0.1, 0.15) is 19.3 Å². The van der Waals surface area contributed by atoms with Gasteiger partial charge in [0.05, 0.1) is 13.0 Å². The van der Waals surface area contributed by atoms with E-state index >= 15 is 0 Å². The van der Waals surface area contributed by atoms with E-state index in [-0.39, 0.29) is 30.7 Å². The second-order valence-corrected chi connectivity index (χ2v) is 4.78. The molecule has 1 aliphatic rings. The summed E-state index contributed by atoms with van der Waals surface area (Å²) in [6.45, 7) is 0.624. The standard InChI is InChI=1S/C14H19FN2O2/c15-11-3-1-2-4-13(11)19-8-7-14(18)17-12(9-16)10-5-6-10/h1-4,10,12H,5-9,16H2,(H,17,18). The lowest BCUT2D eigenvalue weighted by Gasteiger charge is -2.16. The molecule has 1 saturated carbocycles. The highest BCUT2D eigenvalue weighted by Gasteiger charge is 2.31. The number of hydrogen-bond acceptors (Lipinski definition) is 3. The SMILES string of the molecule is NCC(NC(=O)CCOc1ccccc1F)C1CC1. The molecule has 1 aliphatic carbocycles. The van der Waals surface area contributed by atoms with E-state index in [0.717, 1.165) is 12.8 Å². The molecule has 5 heteroatoms. The summed E-state index contributed by atoms with van der Waals surface area (Å²) in [5.41, 5.74) is 5.61. The van der Waals surface area contributed by atoms with Crippen molar-refractivity contribution in [3.05, 3.63) is 30.1 Å². The van der Waals surface area contributed by atoms with Crippen LogP contribution in [0.3, 0.4) is 0 Å². The Balaban J connectivity index is 1.70. The van der Waals surface area contributed by atoms with Crippen molar-refractivity contribution in [3.63, 3.8) is 0 Å². The van der Waals surface area contributed by atoms with E-state index in [4.69, 9.17) is 10.5 Å². The molecule has 1 aromatic rings. The number of rotatable bonds is 7. The van der Waals surface area contributed by atoms with E-state index in [1.807, 2.05) is 0 Å². The monoisotopic (exact) mass is 266 g/mol. The summed E-state index contributed by atoms with van der Waals surface area (Å²) in [7, 11) is 0. The molecule has 3 N–H and O–H groups in total. The first-order valence-electron chi connectivity index (χ1n) is 6.57. The highest BCUT2D eigenvalue weighted by molar-refractivity contribution is 5.76. The molecule has 0 aliphatic heterocycles. The minimum Gasteiger partial charge on any atom is -0.490 e. The van der Waals surface area contributed by atoms with E-state index in [0.29, 0.717) is 12.5 Å². The Kier molecular flexibility index (Phi) is 4.74. The molecule has 4 nitrogen and oxygen atoms in total. The molecule has 19 heavy (non-hydrogen) atoms. The molecule has 104 valence electrons. The summed E-state index contributed by atoms with van der Waals surface area (Å²) in [6.07, 6.45) is 2.47. The second kappa shape index (κ2) is 6.52. The van der Waals surface area contributed by atoms with Crippen LogP contribution in [0.25, 0.3) is 0 Å². The van der Waals surface area contributed by atoms with E-state index in [1.165, 1.54) is 6.07 Å². The summed E-state index contributed by atoms with van der Waals surface area (Å²) in [6, 6.07) is 6.22. The number of carbonyl (C=O) groups is 1. The van der Waals surface area contributed by atoms with Crippen LogP contribution in [0.5, 0.6) is 5.75 Å². The number of nitrogens with one attached hydrogen (secondary N) is 1. The zero-order valence-electron chi connectivity index (χ0n) is 10.8. The molecule has 1 atom stereocenters. The van der Waals surface area contributed by atoms with Gasteiger partial charge in [0, 0.05) is 12.6 Å². The number of amides is 1. The number of benzene rings is 1. The Morgan fingerprint density at radius 3 is 2.84 bits per heavy atom. The van der Waals surface area contributed by atoms with Gasteiger partial charge in [0.1, 0.15) is 0 Å². The first kappa shape index (κ1) is 13.8. The molecule has 1 amide bonds. The van der Waals surface area contributed by atoms with Gasteiger partial charge in [-0.15, -0.1) is 0 Å². The molecule has 1 fully saturated rings. The molecule has 2 rings (SSSR count). The van der Waals surface area contributed by atoms with Crippen LogP contribution in [-0.4, -0.2) is 25.1 Å². The van der Waals surface area contributed by atoms with E-state index in [2.05, 4.69) is 5.32 Å². The predicted molar refractivity (Wildman–Crippen MR) is 70.2 cm³/mol. The maximum absolute atomic E-state index is 13.3. The lowest BCUT2D eigenvalue weighted by Crippen LogP contribution is -2.42. The van der Waals surface area contributed by atoms with Crippen LogP contribution in [0.2, 0.25) is 0 Å². The van der Waals surface area contributed by atoms with Crippen LogP contribution in [-0.2, 0) is 4.79 Å². The lowest BCUT2D eigenvalue weighted by atomic mass is 10.2. The zero-order valence-corrected chi connectivity index (χ0v) is 10.8. The van der Waals surface area contributed by atoms with Crippen molar-refractivity contribution >= 4 is 5.91 Å². The van der Waals surface area contributed by atoms with Crippen molar-refractivity contribution in [2.24, 2.45) is 11.7 Å². The average molecular weight is 266 g/mol.